The van der Waals surface area contributed by atoms with Gasteiger partial charge < -0.3 is 0 Å². The fourth-order valence-electron chi connectivity index (χ4n) is 21.1. The van der Waals surface area contributed by atoms with Crippen LogP contribution < -0.4 is 0 Å². The quantitative estimate of drug-likeness (QED) is 0.146. The van der Waals surface area contributed by atoms with Crippen LogP contribution in [0.4, 0.5) is 0 Å². The second-order valence-corrected chi connectivity index (χ2v) is 31.9. The van der Waals surface area contributed by atoms with Crippen LogP contribution in [-0.4, -0.2) is 0 Å². The van der Waals surface area contributed by atoms with Gasteiger partial charge in [-0.1, -0.05) is 328 Å². The Hall–Kier alpha value is -13.5. The molecule has 20 aromatic rings. The van der Waals surface area contributed by atoms with Crippen molar-refractivity contribution in [2.75, 3.05) is 0 Å². The fourth-order valence-corrected chi connectivity index (χ4v) is 21.1. The van der Waals surface area contributed by atoms with E-state index in [1.54, 1.807) is 0 Å². The van der Waals surface area contributed by atoms with Crippen molar-refractivity contribution in [1.82, 2.24) is 0 Å². The van der Waals surface area contributed by atoms with E-state index in [-0.39, 0.29) is 0 Å². The van der Waals surface area contributed by atoms with Crippen LogP contribution >= 0.6 is 0 Å². The molecule has 0 atom stereocenters. The Kier molecular flexibility index (Phi) is 12.7. The predicted octanol–water partition coefficient (Wildman–Crippen LogP) is 28.6. The molecule has 0 aromatic heterocycles. The van der Waals surface area contributed by atoms with E-state index in [0.29, 0.717) is 0 Å². The summed E-state index contributed by atoms with van der Waals surface area (Å²) in [4.78, 5) is 0. The van der Waals surface area contributed by atoms with Crippen molar-refractivity contribution in [2.45, 2.75) is 38.5 Å². The maximum absolute atomic E-state index is 2.52. The van der Waals surface area contributed by atoms with Gasteiger partial charge in [0.05, 0.1) is 0 Å². The molecule has 0 amide bonds. The van der Waals surface area contributed by atoms with Crippen LogP contribution in [0.15, 0.2) is 340 Å². The molecule has 0 fully saturated rings. The minimum Gasteiger partial charge on any atom is -0.0619 e. The van der Waals surface area contributed by atoms with Gasteiger partial charge in [0.1, 0.15) is 0 Å². The first-order valence-electron chi connectivity index (χ1n) is 39.3. The Morgan fingerprint density at radius 3 is 0.545 bits per heavy atom. The molecule has 0 heterocycles. The van der Waals surface area contributed by atoms with E-state index in [4.69, 9.17) is 0 Å². The highest BCUT2D eigenvalue weighted by Crippen LogP contribution is 2.54. The largest absolute Gasteiger partial charge is 0.0619 e. The minimum absolute atomic E-state index is 0.966. The van der Waals surface area contributed by atoms with E-state index in [2.05, 4.69) is 340 Å². The normalized spacial score (nSPS) is 13.2. The topological polar surface area (TPSA) is 0 Å². The summed E-state index contributed by atoms with van der Waals surface area (Å²) in [6.07, 6.45) is 5.89. The zero-order valence-electron chi connectivity index (χ0n) is 60.6. The zero-order chi connectivity index (χ0) is 71.6. The highest BCUT2D eigenvalue weighted by molar-refractivity contribution is 6.32. The minimum atomic E-state index is 0.966. The number of hydrogen-bond donors (Lipinski definition) is 0. The lowest BCUT2D eigenvalue weighted by Crippen LogP contribution is -1.95. The Labute approximate surface area is 638 Å². The summed E-state index contributed by atoms with van der Waals surface area (Å²) in [6, 6.07) is 130. The first-order chi connectivity index (χ1) is 54.5. The van der Waals surface area contributed by atoms with Gasteiger partial charge in [-0.3, -0.25) is 0 Å². The van der Waals surface area contributed by atoms with Crippen molar-refractivity contribution in [1.29, 1.82) is 0 Å². The molecule has 0 N–H and O–H groups in total. The van der Waals surface area contributed by atoms with E-state index < -0.39 is 0 Å². The third-order valence-electron chi connectivity index (χ3n) is 26.2. The maximum atomic E-state index is 2.52. The van der Waals surface area contributed by atoms with Crippen molar-refractivity contribution >= 4 is 64.6 Å². The molecule has 0 heteroatoms. The molecule has 110 heavy (non-hydrogen) atoms. The van der Waals surface area contributed by atoms with Crippen LogP contribution in [0, 0.1) is 0 Å². The van der Waals surface area contributed by atoms with Gasteiger partial charge in [-0.25, -0.2) is 0 Å². The van der Waals surface area contributed by atoms with E-state index in [0.717, 1.165) is 38.5 Å². The summed E-state index contributed by atoms with van der Waals surface area (Å²) < 4.78 is 0. The Bertz CT molecular complexity index is 6750. The molecule has 0 spiro atoms. The van der Waals surface area contributed by atoms with Gasteiger partial charge in [-0.15, -0.1) is 0 Å². The molecule has 6 aliphatic carbocycles. The molecule has 6 aliphatic rings. The lowest BCUT2D eigenvalue weighted by Gasteiger charge is -2.22. The van der Waals surface area contributed by atoms with Crippen LogP contribution in [0.25, 0.3) is 198 Å². The molecular weight excluding hydrogens is 1320 g/mol. The molecule has 0 saturated heterocycles. The number of benzene rings is 20. The standard InChI is InChI=1S/C68H42.C42H26/c1-5-13-51-39(9-1)29-47-33-43(17-21-55(47)51)63-37-64(44-18-22-56-48(34-44)30-40-10-2-6-14-52(40)56)60-27-28-62-66(46-20-24-58-50(36-46)32-42-12-4-8-16-54(42)58)38-65(61-26-25-59(63)67(60)68(61)62)45-19-23-57-49(35-45)31-41-11-3-7-15-53(41)57;1-3-7-33-27(5-1)21-31-23-29(13-17-37(31)33)35-15-9-25-12-20-40-36(16-10-26-11-19-39(35)41(25)42(26)40)30-14-18-38-32(24-30)22-28-6-2-4-8-34(28)38/h1-28,33-38H,29-32H2;1-20,23-24H,21-22H2. The van der Waals surface area contributed by atoms with Crippen molar-refractivity contribution < 1.29 is 0 Å². The van der Waals surface area contributed by atoms with Crippen molar-refractivity contribution in [2.24, 2.45) is 0 Å². The molecule has 0 radical (unpaired) electrons. The summed E-state index contributed by atoms with van der Waals surface area (Å²) in [5.74, 6) is 0. The van der Waals surface area contributed by atoms with Gasteiger partial charge in [-0.05, 0) is 316 Å². The molecule has 508 valence electrons. The van der Waals surface area contributed by atoms with E-state index in [9.17, 15) is 0 Å². The fraction of sp³-hybridized carbons (Fsp3) is 0.0545. The van der Waals surface area contributed by atoms with Crippen LogP contribution in [0.1, 0.15) is 66.8 Å². The van der Waals surface area contributed by atoms with E-state index in [1.165, 1.54) is 265 Å². The van der Waals surface area contributed by atoms with E-state index >= 15 is 0 Å². The van der Waals surface area contributed by atoms with Gasteiger partial charge in [0.15, 0.2) is 0 Å². The molecule has 0 nitrogen and oxygen atoms in total. The molecule has 20 aromatic carbocycles. The van der Waals surface area contributed by atoms with Crippen molar-refractivity contribution in [3.8, 4) is 134 Å². The summed E-state index contributed by atoms with van der Waals surface area (Å²) in [5, 5.41) is 16.0. The lowest BCUT2D eigenvalue weighted by molar-refractivity contribution is 1.26. The summed E-state index contributed by atoms with van der Waals surface area (Å²) in [5.41, 5.74) is 49.1. The first kappa shape index (κ1) is 60.6. The third kappa shape index (κ3) is 8.91. The average Bonchev–Trinajstić information content (AvgIpc) is 0.824. The van der Waals surface area contributed by atoms with Gasteiger partial charge in [0, 0.05) is 0 Å². The van der Waals surface area contributed by atoms with Crippen LogP contribution in [0.2, 0.25) is 0 Å². The monoisotopic (exact) mass is 1390 g/mol. The molecule has 0 unspecified atom stereocenters. The zero-order valence-corrected chi connectivity index (χ0v) is 60.6. The number of fused-ring (bicyclic) bond motifs is 18. The Morgan fingerprint density at radius 1 is 0.118 bits per heavy atom. The van der Waals surface area contributed by atoms with Gasteiger partial charge >= 0.3 is 0 Å². The first-order valence-corrected chi connectivity index (χ1v) is 39.3. The highest BCUT2D eigenvalue weighted by Gasteiger charge is 2.29. The van der Waals surface area contributed by atoms with Crippen molar-refractivity contribution in [3.05, 3.63) is 406 Å². The summed E-state index contributed by atoms with van der Waals surface area (Å²) >= 11 is 0. The molecule has 26 rings (SSSR count). The molecule has 0 saturated carbocycles. The molecular formula is C110H68. The highest BCUT2D eigenvalue weighted by atomic mass is 14.3. The lowest BCUT2D eigenvalue weighted by atomic mass is 9.81. The van der Waals surface area contributed by atoms with Crippen LogP contribution in [0.5, 0.6) is 0 Å². The number of hydrogen-bond acceptors (Lipinski definition) is 0. The van der Waals surface area contributed by atoms with Crippen LogP contribution in [0.3, 0.4) is 0 Å². The van der Waals surface area contributed by atoms with Crippen LogP contribution in [-0.2, 0) is 38.5 Å². The van der Waals surface area contributed by atoms with Gasteiger partial charge in [0.2, 0.25) is 0 Å². The Balaban J connectivity index is 0.000000141. The third-order valence-corrected chi connectivity index (χ3v) is 26.2. The second-order valence-electron chi connectivity index (χ2n) is 31.9. The summed E-state index contributed by atoms with van der Waals surface area (Å²) in [6.45, 7) is 0. The van der Waals surface area contributed by atoms with E-state index in [1.807, 2.05) is 0 Å². The predicted molar refractivity (Wildman–Crippen MR) is 462 cm³/mol. The molecule has 0 bridgehead atoms. The second kappa shape index (κ2) is 23.0. The van der Waals surface area contributed by atoms with Gasteiger partial charge in [-0.2, -0.15) is 0 Å². The Morgan fingerprint density at radius 2 is 0.300 bits per heavy atom. The average molecular weight is 1390 g/mol. The summed E-state index contributed by atoms with van der Waals surface area (Å²) in [7, 11) is 0. The smallest absolute Gasteiger partial charge is 0.00132 e. The number of rotatable bonds is 6. The SMILES string of the molecule is c1ccc2c(c1)Cc1cc(-c3cc(-c4ccc5c(c4)Cc4ccccc4-5)c4ccc5c(-c6ccc7c(c6)Cc6ccccc6-7)cc(-c6ccc7c(c6)Cc6ccccc6-7)c6ccc3c4c65)ccc1-2.c1ccc2c(c1)Cc1cc(-c3ccc4ccc5c(-c6ccc7c(c6)Cc6ccccc6-7)ccc6ccc3c4c65)ccc1-2. The van der Waals surface area contributed by atoms with Crippen molar-refractivity contribution in [3.63, 3.8) is 0 Å². The molecule has 0 aliphatic heterocycles. The maximum Gasteiger partial charge on any atom is -0.00132 e. The van der Waals surface area contributed by atoms with Gasteiger partial charge in [0.25, 0.3) is 0 Å².